The number of alkyl halides is 3. The molecule has 98 valence electrons. The molecule has 0 amide bonds. The van der Waals surface area contributed by atoms with Gasteiger partial charge in [-0.2, -0.15) is 13.2 Å². The van der Waals surface area contributed by atoms with Crippen LogP contribution < -0.4 is 5.73 Å². The molecule has 0 aliphatic carbocycles. The van der Waals surface area contributed by atoms with Crippen LogP contribution in [0, 0.1) is 0 Å². The minimum Gasteiger partial charge on any atom is -0.398 e. The van der Waals surface area contributed by atoms with E-state index in [4.69, 9.17) is 5.73 Å². The van der Waals surface area contributed by atoms with Crippen molar-refractivity contribution in [3.8, 4) is 0 Å². The van der Waals surface area contributed by atoms with Gasteiger partial charge in [-0.1, -0.05) is 19.1 Å². The van der Waals surface area contributed by atoms with Crippen molar-refractivity contribution in [1.29, 1.82) is 0 Å². The minimum absolute atomic E-state index is 0.0159. The van der Waals surface area contributed by atoms with Crippen LogP contribution in [-0.2, 0) is 6.18 Å². The van der Waals surface area contributed by atoms with Gasteiger partial charge in [0.25, 0.3) is 0 Å². The molecule has 0 fully saturated rings. The molecule has 0 unspecified atom stereocenters. The van der Waals surface area contributed by atoms with Gasteiger partial charge in [0.15, 0.2) is 5.78 Å². The van der Waals surface area contributed by atoms with Crippen molar-refractivity contribution < 1.29 is 18.0 Å². The molecule has 1 rings (SSSR count). The lowest BCUT2D eigenvalue weighted by Gasteiger charge is -2.11. The van der Waals surface area contributed by atoms with Crippen LogP contribution in [0.15, 0.2) is 30.4 Å². The van der Waals surface area contributed by atoms with Crippen LogP contribution in [0.5, 0.6) is 0 Å². The van der Waals surface area contributed by atoms with Crippen molar-refractivity contribution in [1.82, 2.24) is 0 Å². The van der Waals surface area contributed by atoms with E-state index in [9.17, 15) is 18.0 Å². The van der Waals surface area contributed by atoms with Crippen molar-refractivity contribution in [2.75, 3.05) is 5.73 Å². The summed E-state index contributed by atoms with van der Waals surface area (Å²) < 4.78 is 37.6. The zero-order valence-corrected chi connectivity index (χ0v) is 9.97. The molecule has 0 atom stereocenters. The molecule has 1 aromatic carbocycles. The SMILES string of the molecule is C=C(CC)CC(=O)c1cc(C(F)(F)F)ccc1N. The number of Topliss-reactive ketones (excluding diaryl/α,β-unsaturated/α-hetero) is 1. The first-order valence-electron chi connectivity index (χ1n) is 5.42. The highest BCUT2D eigenvalue weighted by atomic mass is 19.4. The van der Waals surface area contributed by atoms with Gasteiger partial charge in [-0.25, -0.2) is 0 Å². The lowest BCUT2D eigenvalue weighted by molar-refractivity contribution is -0.137. The van der Waals surface area contributed by atoms with Gasteiger partial charge in [-0.3, -0.25) is 4.79 Å². The molecule has 2 N–H and O–H groups in total. The number of allylic oxidation sites excluding steroid dienone is 1. The Kier molecular flexibility index (Phi) is 4.16. The number of nitrogen functional groups attached to an aromatic ring is 1. The van der Waals surface area contributed by atoms with Gasteiger partial charge >= 0.3 is 6.18 Å². The highest BCUT2D eigenvalue weighted by molar-refractivity contribution is 6.02. The highest BCUT2D eigenvalue weighted by Crippen LogP contribution is 2.31. The molecule has 18 heavy (non-hydrogen) atoms. The monoisotopic (exact) mass is 257 g/mol. The van der Waals surface area contributed by atoms with Crippen molar-refractivity contribution in [3.05, 3.63) is 41.5 Å². The zero-order valence-electron chi connectivity index (χ0n) is 9.97. The van der Waals surface area contributed by atoms with E-state index in [1.54, 1.807) is 0 Å². The molecule has 0 spiro atoms. The summed E-state index contributed by atoms with van der Waals surface area (Å²) in [6.45, 7) is 5.48. The molecule has 0 saturated heterocycles. The third kappa shape index (κ3) is 3.35. The summed E-state index contributed by atoms with van der Waals surface area (Å²) in [5.74, 6) is -0.439. The number of halogens is 3. The molecule has 2 nitrogen and oxygen atoms in total. The minimum atomic E-state index is -4.48. The number of benzene rings is 1. The van der Waals surface area contributed by atoms with Crippen LogP contribution in [0.2, 0.25) is 0 Å². The molecule has 0 saturated carbocycles. The molecular weight excluding hydrogens is 243 g/mol. The fourth-order valence-corrected chi connectivity index (χ4v) is 1.42. The van der Waals surface area contributed by atoms with E-state index in [0.717, 1.165) is 18.2 Å². The van der Waals surface area contributed by atoms with E-state index < -0.39 is 17.5 Å². The van der Waals surface area contributed by atoms with Crippen molar-refractivity contribution in [3.63, 3.8) is 0 Å². The van der Waals surface area contributed by atoms with Gasteiger partial charge in [-0.15, -0.1) is 0 Å². The van der Waals surface area contributed by atoms with E-state index in [1.807, 2.05) is 6.92 Å². The van der Waals surface area contributed by atoms with Crippen molar-refractivity contribution >= 4 is 11.5 Å². The van der Waals surface area contributed by atoms with Gasteiger partial charge in [0, 0.05) is 17.7 Å². The van der Waals surface area contributed by atoms with Crippen LogP contribution in [0.25, 0.3) is 0 Å². The summed E-state index contributed by atoms with van der Waals surface area (Å²) in [6, 6.07) is 2.76. The lowest BCUT2D eigenvalue weighted by atomic mass is 9.99. The highest BCUT2D eigenvalue weighted by Gasteiger charge is 2.31. The second-order valence-corrected chi connectivity index (χ2v) is 4.00. The van der Waals surface area contributed by atoms with Gasteiger partial charge < -0.3 is 5.73 Å². The molecule has 0 bridgehead atoms. The molecule has 0 aromatic heterocycles. The number of nitrogens with two attached hydrogens (primary N) is 1. The maximum atomic E-state index is 12.5. The predicted octanol–water partition coefficient (Wildman–Crippen LogP) is 3.83. The maximum absolute atomic E-state index is 12.5. The fourth-order valence-electron chi connectivity index (χ4n) is 1.42. The van der Waals surface area contributed by atoms with Gasteiger partial charge in [0.1, 0.15) is 0 Å². The average Bonchev–Trinajstić information content (AvgIpc) is 2.27. The number of ketones is 1. The van der Waals surface area contributed by atoms with E-state index in [1.165, 1.54) is 0 Å². The Hall–Kier alpha value is -1.78. The summed E-state index contributed by atoms with van der Waals surface area (Å²) in [5.41, 5.74) is 5.28. The number of carbonyl (C=O) groups is 1. The molecule has 0 aliphatic rings. The largest absolute Gasteiger partial charge is 0.416 e. The second-order valence-electron chi connectivity index (χ2n) is 4.00. The van der Waals surface area contributed by atoms with Crippen LogP contribution >= 0.6 is 0 Å². The zero-order chi connectivity index (χ0) is 13.9. The Morgan fingerprint density at radius 2 is 2.00 bits per heavy atom. The Balaban J connectivity index is 3.08. The molecule has 0 radical (unpaired) electrons. The summed E-state index contributed by atoms with van der Waals surface area (Å²) >= 11 is 0. The van der Waals surface area contributed by atoms with Gasteiger partial charge in [0.2, 0.25) is 0 Å². The van der Waals surface area contributed by atoms with Crippen molar-refractivity contribution in [2.24, 2.45) is 0 Å². The van der Waals surface area contributed by atoms with E-state index in [0.29, 0.717) is 12.0 Å². The summed E-state index contributed by atoms with van der Waals surface area (Å²) in [7, 11) is 0. The Morgan fingerprint density at radius 1 is 1.39 bits per heavy atom. The average molecular weight is 257 g/mol. The molecular formula is C13H14F3NO. The van der Waals surface area contributed by atoms with Gasteiger partial charge in [0.05, 0.1) is 5.56 Å². The van der Waals surface area contributed by atoms with Crippen LogP contribution in [0.1, 0.15) is 35.7 Å². The first-order valence-corrected chi connectivity index (χ1v) is 5.42. The third-order valence-electron chi connectivity index (χ3n) is 2.59. The number of carbonyl (C=O) groups excluding carboxylic acids is 1. The number of anilines is 1. The Labute approximate surface area is 103 Å². The topological polar surface area (TPSA) is 43.1 Å². The van der Waals surface area contributed by atoms with E-state index in [-0.39, 0.29) is 17.7 Å². The quantitative estimate of drug-likeness (QED) is 0.506. The fraction of sp³-hybridized carbons (Fsp3) is 0.308. The molecule has 0 aliphatic heterocycles. The first kappa shape index (κ1) is 14.3. The first-order chi connectivity index (χ1) is 8.25. The van der Waals surface area contributed by atoms with E-state index >= 15 is 0 Å². The lowest BCUT2D eigenvalue weighted by Crippen LogP contribution is -2.10. The van der Waals surface area contributed by atoms with Crippen LogP contribution in [-0.4, -0.2) is 5.78 Å². The molecule has 1 aromatic rings. The van der Waals surface area contributed by atoms with Gasteiger partial charge in [-0.05, 0) is 24.6 Å². The predicted molar refractivity (Wildman–Crippen MR) is 64.2 cm³/mol. The molecule has 5 heteroatoms. The summed E-state index contributed by atoms with van der Waals surface area (Å²) in [4.78, 5) is 11.8. The Bertz CT molecular complexity index is 478. The van der Waals surface area contributed by atoms with Crippen LogP contribution in [0.3, 0.4) is 0 Å². The molecule has 0 heterocycles. The number of rotatable bonds is 4. The van der Waals surface area contributed by atoms with E-state index in [2.05, 4.69) is 6.58 Å². The van der Waals surface area contributed by atoms with Crippen LogP contribution in [0.4, 0.5) is 18.9 Å². The number of hydrogen-bond acceptors (Lipinski definition) is 2. The maximum Gasteiger partial charge on any atom is 0.416 e. The normalized spacial score (nSPS) is 11.3. The summed E-state index contributed by atoms with van der Waals surface area (Å²) in [6.07, 6.45) is -3.86. The number of hydrogen-bond donors (Lipinski definition) is 1. The Morgan fingerprint density at radius 3 is 2.50 bits per heavy atom. The second kappa shape index (κ2) is 5.25. The smallest absolute Gasteiger partial charge is 0.398 e. The third-order valence-corrected chi connectivity index (χ3v) is 2.59. The summed E-state index contributed by atoms with van der Waals surface area (Å²) in [5, 5.41) is 0. The van der Waals surface area contributed by atoms with Crippen molar-refractivity contribution in [2.45, 2.75) is 25.9 Å². The standard InChI is InChI=1S/C13H14F3NO/c1-3-8(2)6-12(18)10-7-9(13(14,15)16)4-5-11(10)17/h4-5,7H,2-3,6,17H2,1H3.